The van der Waals surface area contributed by atoms with E-state index < -0.39 is 0 Å². The van der Waals surface area contributed by atoms with Crippen LogP contribution >= 0.6 is 27.3 Å². The zero-order valence-corrected chi connectivity index (χ0v) is 16.3. The van der Waals surface area contributed by atoms with Gasteiger partial charge < -0.3 is 4.74 Å². The molecule has 0 radical (unpaired) electrons. The van der Waals surface area contributed by atoms with Gasteiger partial charge in [0.25, 0.3) is 5.78 Å². The van der Waals surface area contributed by atoms with E-state index in [9.17, 15) is 0 Å². The molecule has 6 nitrogen and oxygen atoms in total. The number of hydrogen-bond donors (Lipinski definition) is 0. The van der Waals surface area contributed by atoms with Gasteiger partial charge in [0.2, 0.25) is 0 Å². The van der Waals surface area contributed by atoms with Crippen molar-refractivity contribution in [2.75, 3.05) is 7.11 Å². The number of benzene rings is 1. The number of aromatic nitrogens is 5. The molecule has 0 amide bonds. The van der Waals surface area contributed by atoms with Crippen LogP contribution in [0.15, 0.2) is 46.4 Å². The van der Waals surface area contributed by atoms with Crippen molar-refractivity contribution in [3.8, 4) is 16.3 Å². The van der Waals surface area contributed by atoms with Gasteiger partial charge in [-0.2, -0.15) is 9.61 Å². The maximum atomic E-state index is 5.26. The summed E-state index contributed by atoms with van der Waals surface area (Å²) >= 11 is 5.10. The molecule has 3 heterocycles. The highest BCUT2D eigenvalue weighted by Crippen LogP contribution is 2.52. The lowest BCUT2D eigenvalue weighted by Crippen LogP contribution is -2.15. The predicted octanol–water partition coefficient (Wildman–Crippen LogP) is 4.10. The summed E-state index contributed by atoms with van der Waals surface area (Å²) in [5.41, 5.74) is 1.88. The second-order valence-electron chi connectivity index (χ2n) is 6.29. The van der Waals surface area contributed by atoms with Gasteiger partial charge in [0, 0.05) is 0 Å². The SMILES string of the molecule is COc1ccc(C2(c3nnc4nc(-c5ccc(Br)s5)cnn34)CC2)cc1. The third kappa shape index (κ3) is 2.44. The molecular weight excluding hydrogens is 414 g/mol. The number of hydrogen-bond acceptors (Lipinski definition) is 6. The smallest absolute Gasteiger partial charge is 0.272 e. The third-order valence-electron chi connectivity index (χ3n) is 4.79. The molecule has 8 heteroatoms. The van der Waals surface area contributed by atoms with E-state index in [4.69, 9.17) is 4.74 Å². The van der Waals surface area contributed by atoms with Crippen LogP contribution in [0.5, 0.6) is 5.75 Å². The normalized spacial score (nSPS) is 15.3. The lowest BCUT2D eigenvalue weighted by atomic mass is 9.95. The zero-order valence-electron chi connectivity index (χ0n) is 13.9. The molecule has 26 heavy (non-hydrogen) atoms. The van der Waals surface area contributed by atoms with Crippen molar-refractivity contribution in [3.05, 3.63) is 57.8 Å². The van der Waals surface area contributed by atoms with Gasteiger partial charge >= 0.3 is 0 Å². The standard InChI is InChI=1S/C18H14BrN5OS/c1-25-12-4-2-11(3-5-12)18(8-9-18)16-22-23-17-21-13(10-20-24(16)17)14-6-7-15(19)26-14/h2-7,10H,8-9H2,1H3. The molecule has 1 saturated carbocycles. The minimum Gasteiger partial charge on any atom is -0.497 e. The predicted molar refractivity (Wildman–Crippen MR) is 103 cm³/mol. The summed E-state index contributed by atoms with van der Waals surface area (Å²) in [6.45, 7) is 0. The fourth-order valence-electron chi connectivity index (χ4n) is 3.24. The molecule has 130 valence electrons. The largest absolute Gasteiger partial charge is 0.497 e. The maximum absolute atomic E-state index is 5.26. The Hall–Kier alpha value is -2.32. The fraction of sp³-hybridized carbons (Fsp3) is 0.222. The molecule has 5 rings (SSSR count). The van der Waals surface area contributed by atoms with Crippen molar-refractivity contribution < 1.29 is 4.74 Å². The molecule has 0 atom stereocenters. The molecule has 0 bridgehead atoms. The molecule has 3 aromatic heterocycles. The Labute approximate surface area is 162 Å². The van der Waals surface area contributed by atoms with Crippen molar-refractivity contribution in [2.45, 2.75) is 18.3 Å². The summed E-state index contributed by atoms with van der Waals surface area (Å²) < 4.78 is 8.09. The number of rotatable bonds is 4. The first-order chi connectivity index (χ1) is 12.7. The maximum Gasteiger partial charge on any atom is 0.272 e. The molecule has 1 aromatic carbocycles. The van der Waals surface area contributed by atoms with Crippen molar-refractivity contribution in [1.82, 2.24) is 24.8 Å². The minimum absolute atomic E-state index is 0.131. The molecule has 1 aliphatic rings. The molecule has 1 fully saturated rings. The lowest BCUT2D eigenvalue weighted by Gasteiger charge is -2.13. The summed E-state index contributed by atoms with van der Waals surface area (Å²) in [4.78, 5) is 5.69. The highest BCUT2D eigenvalue weighted by molar-refractivity contribution is 9.11. The number of thiophene rings is 1. The lowest BCUT2D eigenvalue weighted by molar-refractivity contribution is 0.414. The molecule has 1 aliphatic carbocycles. The quantitative estimate of drug-likeness (QED) is 0.490. The van der Waals surface area contributed by atoms with Gasteiger partial charge in [-0.25, -0.2) is 4.98 Å². The zero-order chi connectivity index (χ0) is 17.7. The Balaban J connectivity index is 1.57. The van der Waals surface area contributed by atoms with Gasteiger partial charge in [-0.15, -0.1) is 21.5 Å². The highest BCUT2D eigenvalue weighted by Gasteiger charge is 2.50. The Kier molecular flexibility index (Phi) is 3.58. The van der Waals surface area contributed by atoms with Crippen molar-refractivity contribution in [1.29, 1.82) is 0 Å². The van der Waals surface area contributed by atoms with Gasteiger partial charge in [0.05, 0.1) is 27.4 Å². The van der Waals surface area contributed by atoms with Crippen molar-refractivity contribution in [3.63, 3.8) is 0 Å². The van der Waals surface area contributed by atoms with E-state index >= 15 is 0 Å². The topological polar surface area (TPSA) is 65.2 Å². The Bertz CT molecular complexity index is 1100. The molecule has 0 N–H and O–H groups in total. The first kappa shape index (κ1) is 15.9. The van der Waals surface area contributed by atoms with Crippen LogP contribution in [-0.2, 0) is 5.41 Å². The van der Waals surface area contributed by atoms with Gasteiger partial charge in [-0.3, -0.25) is 0 Å². The van der Waals surface area contributed by atoms with E-state index in [0.29, 0.717) is 5.78 Å². The van der Waals surface area contributed by atoms with E-state index in [0.717, 1.165) is 38.8 Å². The first-order valence-corrected chi connectivity index (χ1v) is 9.80. The molecule has 4 aromatic rings. The van der Waals surface area contributed by atoms with E-state index in [-0.39, 0.29) is 5.41 Å². The van der Waals surface area contributed by atoms with Gasteiger partial charge in [0.1, 0.15) is 11.4 Å². The first-order valence-electron chi connectivity index (χ1n) is 8.19. The van der Waals surface area contributed by atoms with E-state index in [1.807, 2.05) is 24.3 Å². The monoisotopic (exact) mass is 427 g/mol. The number of ether oxygens (including phenoxy) is 1. The molecule has 0 unspecified atom stereocenters. The summed E-state index contributed by atoms with van der Waals surface area (Å²) in [6.07, 6.45) is 3.84. The Morgan fingerprint density at radius 3 is 2.58 bits per heavy atom. The van der Waals surface area contributed by atoms with Crippen molar-refractivity contribution >= 4 is 33.0 Å². The summed E-state index contributed by atoms with van der Waals surface area (Å²) in [5.74, 6) is 2.23. The summed E-state index contributed by atoms with van der Waals surface area (Å²) in [7, 11) is 1.67. The number of methoxy groups -OCH3 is 1. The van der Waals surface area contributed by atoms with E-state index in [1.165, 1.54) is 5.56 Å². The van der Waals surface area contributed by atoms with Crippen LogP contribution in [0.3, 0.4) is 0 Å². The van der Waals surface area contributed by atoms with Gasteiger partial charge in [-0.05, 0) is 58.6 Å². The van der Waals surface area contributed by atoms with E-state index in [1.54, 1.807) is 29.2 Å². The van der Waals surface area contributed by atoms with E-state index in [2.05, 4.69) is 48.3 Å². The summed E-state index contributed by atoms with van der Waals surface area (Å²) in [5, 5.41) is 13.3. The van der Waals surface area contributed by atoms with Crippen LogP contribution in [0.4, 0.5) is 0 Å². The highest BCUT2D eigenvalue weighted by atomic mass is 79.9. The minimum atomic E-state index is -0.131. The van der Waals surface area contributed by atoms with Gasteiger partial charge in [-0.1, -0.05) is 12.1 Å². The average Bonchev–Trinajstić information content (AvgIpc) is 3.17. The number of nitrogens with zero attached hydrogens (tertiary/aromatic N) is 5. The average molecular weight is 428 g/mol. The van der Waals surface area contributed by atoms with Gasteiger partial charge in [0.15, 0.2) is 5.82 Å². The number of halogens is 1. The Morgan fingerprint density at radius 1 is 1.12 bits per heavy atom. The van der Waals surface area contributed by atoms with Crippen LogP contribution < -0.4 is 4.74 Å². The molecule has 0 spiro atoms. The third-order valence-corrected chi connectivity index (χ3v) is 6.43. The van der Waals surface area contributed by atoms with Crippen LogP contribution in [-0.4, -0.2) is 31.9 Å². The Morgan fingerprint density at radius 2 is 1.92 bits per heavy atom. The van der Waals surface area contributed by atoms with Crippen LogP contribution in [0.1, 0.15) is 24.2 Å². The molecule has 0 saturated heterocycles. The van der Waals surface area contributed by atoms with Crippen LogP contribution in [0.2, 0.25) is 0 Å². The second kappa shape index (κ2) is 5.85. The molecule has 0 aliphatic heterocycles. The van der Waals surface area contributed by atoms with Crippen LogP contribution in [0, 0.1) is 0 Å². The number of fused-ring (bicyclic) bond motifs is 1. The fourth-order valence-corrected chi connectivity index (χ4v) is 4.58. The second-order valence-corrected chi connectivity index (χ2v) is 8.75. The summed E-state index contributed by atoms with van der Waals surface area (Å²) in [6, 6.07) is 12.2. The van der Waals surface area contributed by atoms with Crippen molar-refractivity contribution in [2.24, 2.45) is 0 Å². The molecular formula is C18H14BrN5OS. The van der Waals surface area contributed by atoms with Crippen LogP contribution in [0.25, 0.3) is 16.3 Å².